The van der Waals surface area contributed by atoms with Crippen molar-refractivity contribution in [1.82, 2.24) is 5.32 Å². The minimum atomic E-state index is -0.595. The molecule has 7 heteroatoms. The van der Waals surface area contributed by atoms with E-state index in [2.05, 4.69) is 5.32 Å². The number of nitrogens with zero attached hydrogens (tertiary/aromatic N) is 1. The zero-order valence-corrected chi connectivity index (χ0v) is 10.3. The van der Waals surface area contributed by atoms with Gasteiger partial charge < -0.3 is 15.2 Å². The monoisotopic (exact) mass is 266 g/mol. The third kappa shape index (κ3) is 2.82. The standard InChI is InChI=1S/C12H14N2O5/c1-19-11-3-2-7(4-10(11)14(17)18)12(16)13-8-5-9(15)6-8/h2-4,8-9,15H,5-6H2,1H3,(H,13,16). The molecule has 0 bridgehead atoms. The number of rotatable bonds is 4. The van der Waals surface area contributed by atoms with Crippen LogP contribution in [0.1, 0.15) is 23.2 Å². The number of ether oxygens (including phenoxy) is 1. The largest absolute Gasteiger partial charge is 0.490 e. The third-order valence-corrected chi connectivity index (χ3v) is 3.09. The second-order valence-corrected chi connectivity index (χ2v) is 4.44. The lowest BCUT2D eigenvalue weighted by molar-refractivity contribution is -0.385. The Bertz CT molecular complexity index is 511. The summed E-state index contributed by atoms with van der Waals surface area (Å²) in [6, 6.07) is 3.98. The molecule has 1 aliphatic carbocycles. The number of carbonyl (C=O) groups is 1. The summed E-state index contributed by atoms with van der Waals surface area (Å²) in [5.41, 5.74) is -0.0438. The number of hydrogen-bond donors (Lipinski definition) is 2. The van der Waals surface area contributed by atoms with Crippen molar-refractivity contribution in [3.05, 3.63) is 33.9 Å². The van der Waals surface area contributed by atoms with Crippen LogP contribution >= 0.6 is 0 Å². The summed E-state index contributed by atoms with van der Waals surface area (Å²) in [5.74, 6) is -0.275. The highest BCUT2D eigenvalue weighted by molar-refractivity contribution is 5.95. The normalized spacial score (nSPS) is 21.4. The third-order valence-electron chi connectivity index (χ3n) is 3.09. The van der Waals surface area contributed by atoms with E-state index in [-0.39, 0.29) is 35.1 Å². The Hall–Kier alpha value is -2.15. The van der Waals surface area contributed by atoms with E-state index in [4.69, 9.17) is 9.84 Å². The molecule has 0 heterocycles. The van der Waals surface area contributed by atoms with Crippen LogP contribution < -0.4 is 10.1 Å². The summed E-state index contributed by atoms with van der Waals surface area (Å²) >= 11 is 0. The summed E-state index contributed by atoms with van der Waals surface area (Å²) in [6.07, 6.45) is 0.670. The number of nitro groups is 1. The number of methoxy groups -OCH3 is 1. The van der Waals surface area contributed by atoms with Gasteiger partial charge in [0.05, 0.1) is 18.1 Å². The van der Waals surface area contributed by atoms with Gasteiger partial charge in [0.25, 0.3) is 5.91 Å². The van der Waals surface area contributed by atoms with Crippen molar-refractivity contribution in [1.29, 1.82) is 0 Å². The Labute approximate surface area is 109 Å². The lowest BCUT2D eigenvalue weighted by Crippen LogP contribution is -2.46. The molecular weight excluding hydrogens is 252 g/mol. The molecular formula is C12H14N2O5. The number of aliphatic hydroxyl groups excluding tert-OH is 1. The van der Waals surface area contributed by atoms with Crippen LogP contribution in [0.5, 0.6) is 5.75 Å². The van der Waals surface area contributed by atoms with Gasteiger partial charge in [0.2, 0.25) is 0 Å². The van der Waals surface area contributed by atoms with Crippen LogP contribution in [0.25, 0.3) is 0 Å². The van der Waals surface area contributed by atoms with Crippen LogP contribution in [0.4, 0.5) is 5.69 Å². The Morgan fingerprint density at radius 2 is 2.21 bits per heavy atom. The fourth-order valence-electron chi connectivity index (χ4n) is 1.95. The molecule has 2 rings (SSSR count). The second-order valence-electron chi connectivity index (χ2n) is 4.44. The zero-order chi connectivity index (χ0) is 14.0. The van der Waals surface area contributed by atoms with Gasteiger partial charge in [-0.2, -0.15) is 0 Å². The predicted octanol–water partition coefficient (Wildman–Crippen LogP) is 0.856. The molecule has 102 valence electrons. The van der Waals surface area contributed by atoms with Crippen molar-refractivity contribution >= 4 is 11.6 Å². The summed E-state index contributed by atoms with van der Waals surface area (Å²) < 4.78 is 4.86. The molecule has 1 fully saturated rings. The first-order valence-electron chi connectivity index (χ1n) is 5.82. The topological polar surface area (TPSA) is 102 Å². The average molecular weight is 266 g/mol. The van der Waals surface area contributed by atoms with E-state index in [0.29, 0.717) is 12.8 Å². The Kier molecular flexibility index (Phi) is 3.66. The lowest BCUT2D eigenvalue weighted by Gasteiger charge is -2.31. The highest BCUT2D eigenvalue weighted by Gasteiger charge is 2.29. The van der Waals surface area contributed by atoms with Crippen molar-refractivity contribution in [3.63, 3.8) is 0 Å². The first-order chi connectivity index (χ1) is 9.01. The molecule has 1 saturated carbocycles. The number of nitrogens with one attached hydrogen (secondary N) is 1. The maximum absolute atomic E-state index is 11.9. The molecule has 0 atom stereocenters. The number of benzene rings is 1. The van der Waals surface area contributed by atoms with E-state index in [1.807, 2.05) is 0 Å². The second kappa shape index (κ2) is 5.23. The van der Waals surface area contributed by atoms with Crippen LogP contribution in [0, 0.1) is 10.1 Å². The molecule has 0 saturated heterocycles. The molecule has 1 aromatic carbocycles. The number of aliphatic hydroxyl groups is 1. The number of carbonyl (C=O) groups excluding carboxylic acids is 1. The van der Waals surface area contributed by atoms with E-state index in [0.717, 1.165) is 0 Å². The van der Waals surface area contributed by atoms with E-state index >= 15 is 0 Å². The van der Waals surface area contributed by atoms with Gasteiger partial charge >= 0.3 is 5.69 Å². The van der Waals surface area contributed by atoms with Crippen LogP contribution in [-0.4, -0.2) is 35.2 Å². The summed E-state index contributed by atoms with van der Waals surface area (Å²) in [5, 5.41) is 22.7. The Morgan fingerprint density at radius 3 is 2.74 bits per heavy atom. The summed E-state index contributed by atoms with van der Waals surface area (Å²) in [4.78, 5) is 22.1. The Morgan fingerprint density at radius 1 is 1.53 bits per heavy atom. The molecule has 0 aromatic heterocycles. The first-order valence-corrected chi connectivity index (χ1v) is 5.82. The lowest BCUT2D eigenvalue weighted by atomic mass is 9.89. The van der Waals surface area contributed by atoms with Crippen molar-refractivity contribution < 1.29 is 19.6 Å². The first kappa shape index (κ1) is 13.3. The van der Waals surface area contributed by atoms with Gasteiger partial charge in [0.1, 0.15) is 0 Å². The van der Waals surface area contributed by atoms with Gasteiger partial charge in [-0.3, -0.25) is 14.9 Å². The van der Waals surface area contributed by atoms with Crippen LogP contribution in [0.2, 0.25) is 0 Å². The van der Waals surface area contributed by atoms with Gasteiger partial charge in [-0.05, 0) is 25.0 Å². The number of amides is 1. The maximum atomic E-state index is 11.9. The van der Waals surface area contributed by atoms with Gasteiger partial charge in [0.15, 0.2) is 5.75 Å². The molecule has 7 nitrogen and oxygen atoms in total. The minimum Gasteiger partial charge on any atom is -0.490 e. The summed E-state index contributed by atoms with van der Waals surface area (Å²) in [7, 11) is 1.33. The molecule has 1 aromatic rings. The fourth-order valence-corrected chi connectivity index (χ4v) is 1.95. The van der Waals surface area contributed by atoms with Gasteiger partial charge in [0, 0.05) is 17.7 Å². The molecule has 0 radical (unpaired) electrons. The van der Waals surface area contributed by atoms with Crippen molar-refractivity contribution in [2.45, 2.75) is 25.0 Å². The maximum Gasteiger partial charge on any atom is 0.311 e. The summed E-state index contributed by atoms with van der Waals surface area (Å²) in [6.45, 7) is 0. The average Bonchev–Trinajstić information content (AvgIpc) is 2.35. The molecule has 0 spiro atoms. The molecule has 2 N–H and O–H groups in total. The van der Waals surface area contributed by atoms with Crippen LogP contribution in [-0.2, 0) is 0 Å². The highest BCUT2D eigenvalue weighted by atomic mass is 16.6. The van der Waals surface area contributed by atoms with E-state index in [1.54, 1.807) is 0 Å². The smallest absolute Gasteiger partial charge is 0.311 e. The van der Waals surface area contributed by atoms with E-state index in [9.17, 15) is 14.9 Å². The number of nitro benzene ring substituents is 1. The van der Waals surface area contributed by atoms with Crippen LogP contribution in [0.15, 0.2) is 18.2 Å². The molecule has 1 aliphatic rings. The quantitative estimate of drug-likeness (QED) is 0.621. The van der Waals surface area contributed by atoms with Crippen molar-refractivity contribution in [2.75, 3.05) is 7.11 Å². The molecule has 0 aliphatic heterocycles. The van der Waals surface area contributed by atoms with Gasteiger partial charge in [-0.25, -0.2) is 0 Å². The van der Waals surface area contributed by atoms with E-state index < -0.39 is 4.92 Å². The van der Waals surface area contributed by atoms with E-state index in [1.165, 1.54) is 25.3 Å². The molecule has 1 amide bonds. The van der Waals surface area contributed by atoms with Crippen molar-refractivity contribution in [3.8, 4) is 5.75 Å². The van der Waals surface area contributed by atoms with Crippen molar-refractivity contribution in [2.24, 2.45) is 0 Å². The molecule has 19 heavy (non-hydrogen) atoms. The highest BCUT2D eigenvalue weighted by Crippen LogP contribution is 2.28. The zero-order valence-electron chi connectivity index (χ0n) is 10.3. The fraction of sp³-hybridized carbons (Fsp3) is 0.417. The Balaban J connectivity index is 2.13. The minimum absolute atomic E-state index is 0.0661. The predicted molar refractivity (Wildman–Crippen MR) is 66.1 cm³/mol. The molecule has 0 unspecified atom stereocenters. The SMILES string of the molecule is COc1ccc(C(=O)NC2CC(O)C2)cc1[N+](=O)[O-]. The van der Waals surface area contributed by atoms with Crippen LogP contribution in [0.3, 0.4) is 0 Å². The van der Waals surface area contributed by atoms with Gasteiger partial charge in [-0.15, -0.1) is 0 Å². The van der Waals surface area contributed by atoms with Gasteiger partial charge in [-0.1, -0.05) is 0 Å². The number of hydrogen-bond acceptors (Lipinski definition) is 5.